The van der Waals surface area contributed by atoms with Crippen LogP contribution in [0.4, 0.5) is 11.4 Å². The maximum Gasteiger partial charge on any atom is 0.267 e. The Hall–Kier alpha value is -2.70. The van der Waals surface area contributed by atoms with Crippen LogP contribution in [0.15, 0.2) is 42.5 Å². The van der Waals surface area contributed by atoms with Crippen LogP contribution >= 0.6 is 22.9 Å². The molecule has 1 aliphatic heterocycles. The Kier molecular flexibility index (Phi) is 5.39. The summed E-state index contributed by atoms with van der Waals surface area (Å²) in [5.74, 6) is -0.0450. The average Bonchev–Trinajstić information content (AvgIpc) is 3.28. The van der Waals surface area contributed by atoms with Crippen molar-refractivity contribution in [1.29, 1.82) is 0 Å². The minimum atomic E-state index is -0.197. The highest BCUT2D eigenvalue weighted by atomic mass is 35.5. The number of aromatic nitrogens is 1. The van der Waals surface area contributed by atoms with E-state index in [1.807, 2.05) is 55.1 Å². The second-order valence-corrected chi connectivity index (χ2v) is 8.48. The number of anilines is 2. The van der Waals surface area contributed by atoms with E-state index in [9.17, 15) is 9.59 Å². The summed E-state index contributed by atoms with van der Waals surface area (Å²) < 4.78 is 0. The number of halogens is 1. The van der Waals surface area contributed by atoms with Crippen LogP contribution in [0.25, 0.3) is 10.6 Å². The molecule has 1 fully saturated rings. The maximum atomic E-state index is 12.8. The third-order valence-electron chi connectivity index (χ3n) is 4.89. The van der Waals surface area contributed by atoms with Crippen molar-refractivity contribution in [2.24, 2.45) is 0 Å². The summed E-state index contributed by atoms with van der Waals surface area (Å²) in [5.41, 5.74) is 4.13. The topological polar surface area (TPSA) is 62.3 Å². The van der Waals surface area contributed by atoms with E-state index >= 15 is 0 Å². The standard InChI is InChI=1S/C22H20ClN3O2S/c1-13-11-17(8-9-18(13)26-10-4-7-19(26)27)25-21(28)20-14(2)24-22(29-20)15-5-3-6-16(23)12-15/h3,5-6,8-9,11-12H,4,7,10H2,1-2H3,(H,25,28). The fourth-order valence-corrected chi connectivity index (χ4v) is 4.63. The summed E-state index contributed by atoms with van der Waals surface area (Å²) in [7, 11) is 0. The zero-order valence-electron chi connectivity index (χ0n) is 16.2. The Balaban J connectivity index is 1.54. The second kappa shape index (κ2) is 7.97. The van der Waals surface area contributed by atoms with Crippen LogP contribution in [0.2, 0.25) is 5.02 Å². The summed E-state index contributed by atoms with van der Waals surface area (Å²) in [5, 5.41) is 4.34. The molecule has 148 valence electrons. The van der Waals surface area contributed by atoms with Crippen molar-refractivity contribution in [3.05, 3.63) is 63.6 Å². The predicted octanol–water partition coefficient (Wildman–Crippen LogP) is 5.46. The van der Waals surface area contributed by atoms with Gasteiger partial charge in [-0.15, -0.1) is 11.3 Å². The molecule has 1 N–H and O–H groups in total. The maximum absolute atomic E-state index is 12.8. The normalized spacial score (nSPS) is 13.8. The number of rotatable bonds is 4. The molecule has 2 aromatic carbocycles. The van der Waals surface area contributed by atoms with E-state index in [0.717, 1.165) is 34.8 Å². The monoisotopic (exact) mass is 425 g/mol. The van der Waals surface area contributed by atoms with Gasteiger partial charge in [0.05, 0.1) is 5.69 Å². The third-order valence-corrected chi connectivity index (χ3v) is 6.33. The van der Waals surface area contributed by atoms with Crippen molar-refractivity contribution in [2.75, 3.05) is 16.8 Å². The molecule has 0 aliphatic carbocycles. The van der Waals surface area contributed by atoms with Gasteiger partial charge in [-0.2, -0.15) is 0 Å². The number of nitrogens with zero attached hydrogens (tertiary/aromatic N) is 2. The number of carbonyl (C=O) groups excluding carboxylic acids is 2. The Labute approximate surface area is 178 Å². The minimum Gasteiger partial charge on any atom is -0.321 e. The molecular formula is C22H20ClN3O2S. The van der Waals surface area contributed by atoms with Gasteiger partial charge in [0.1, 0.15) is 9.88 Å². The second-order valence-electron chi connectivity index (χ2n) is 7.05. The van der Waals surface area contributed by atoms with Crippen LogP contribution in [-0.4, -0.2) is 23.3 Å². The third kappa shape index (κ3) is 4.04. The van der Waals surface area contributed by atoms with Gasteiger partial charge in [0.25, 0.3) is 5.91 Å². The lowest BCUT2D eigenvalue weighted by molar-refractivity contribution is -0.117. The summed E-state index contributed by atoms with van der Waals surface area (Å²) >= 11 is 7.41. The van der Waals surface area contributed by atoms with Gasteiger partial charge < -0.3 is 10.2 Å². The summed E-state index contributed by atoms with van der Waals surface area (Å²) in [6.45, 7) is 4.52. The highest BCUT2D eigenvalue weighted by Gasteiger charge is 2.23. The molecule has 0 bridgehead atoms. The SMILES string of the molecule is Cc1cc(NC(=O)c2sc(-c3cccc(Cl)c3)nc2C)ccc1N1CCCC1=O. The molecule has 0 unspecified atom stereocenters. The van der Waals surface area contributed by atoms with E-state index in [1.165, 1.54) is 11.3 Å². The largest absolute Gasteiger partial charge is 0.321 e. The molecule has 7 heteroatoms. The Morgan fingerprint density at radius 1 is 1.21 bits per heavy atom. The van der Waals surface area contributed by atoms with Crippen LogP contribution in [-0.2, 0) is 4.79 Å². The molecule has 1 aromatic heterocycles. The van der Waals surface area contributed by atoms with E-state index in [2.05, 4.69) is 10.3 Å². The molecule has 5 nitrogen and oxygen atoms in total. The van der Waals surface area contributed by atoms with E-state index in [-0.39, 0.29) is 11.8 Å². The highest BCUT2D eigenvalue weighted by molar-refractivity contribution is 7.17. The first-order valence-electron chi connectivity index (χ1n) is 9.38. The molecule has 2 amide bonds. The lowest BCUT2D eigenvalue weighted by Gasteiger charge is -2.19. The van der Waals surface area contributed by atoms with Crippen molar-refractivity contribution in [2.45, 2.75) is 26.7 Å². The number of aryl methyl sites for hydroxylation is 2. The first kappa shape index (κ1) is 19.6. The van der Waals surface area contributed by atoms with Gasteiger partial charge in [-0.3, -0.25) is 9.59 Å². The zero-order valence-corrected chi connectivity index (χ0v) is 17.7. The van der Waals surface area contributed by atoms with Crippen LogP contribution < -0.4 is 10.2 Å². The van der Waals surface area contributed by atoms with Crippen LogP contribution in [0, 0.1) is 13.8 Å². The average molecular weight is 426 g/mol. The fourth-order valence-electron chi connectivity index (χ4n) is 3.48. The molecule has 0 spiro atoms. The number of hydrogen-bond acceptors (Lipinski definition) is 4. The van der Waals surface area contributed by atoms with Gasteiger partial charge in [0.15, 0.2) is 0 Å². The first-order valence-corrected chi connectivity index (χ1v) is 10.6. The highest BCUT2D eigenvalue weighted by Crippen LogP contribution is 2.31. The first-order chi connectivity index (χ1) is 13.9. The quantitative estimate of drug-likeness (QED) is 0.603. The van der Waals surface area contributed by atoms with Crippen molar-refractivity contribution < 1.29 is 9.59 Å². The number of benzene rings is 2. The van der Waals surface area contributed by atoms with E-state index < -0.39 is 0 Å². The molecule has 2 heterocycles. The molecule has 0 radical (unpaired) electrons. The number of nitrogens with one attached hydrogen (secondary N) is 1. The van der Waals surface area contributed by atoms with Gasteiger partial charge in [-0.05, 0) is 56.2 Å². The van der Waals surface area contributed by atoms with Gasteiger partial charge >= 0.3 is 0 Å². The van der Waals surface area contributed by atoms with Gasteiger partial charge in [0, 0.05) is 34.9 Å². The predicted molar refractivity (Wildman–Crippen MR) is 118 cm³/mol. The molecule has 0 saturated carbocycles. The molecule has 1 saturated heterocycles. The van der Waals surface area contributed by atoms with E-state index in [1.54, 1.807) is 6.07 Å². The molecule has 4 rings (SSSR count). The van der Waals surface area contributed by atoms with Crippen molar-refractivity contribution in [1.82, 2.24) is 4.98 Å². The molecular weight excluding hydrogens is 406 g/mol. The Morgan fingerprint density at radius 2 is 2.03 bits per heavy atom. The van der Waals surface area contributed by atoms with Gasteiger partial charge in [-0.1, -0.05) is 23.7 Å². The lowest BCUT2D eigenvalue weighted by atomic mass is 10.1. The van der Waals surface area contributed by atoms with Crippen LogP contribution in [0.5, 0.6) is 0 Å². The summed E-state index contributed by atoms with van der Waals surface area (Å²) in [4.78, 5) is 31.7. The minimum absolute atomic E-state index is 0.152. The summed E-state index contributed by atoms with van der Waals surface area (Å²) in [6, 6.07) is 13.1. The molecule has 3 aromatic rings. The van der Waals surface area contributed by atoms with Crippen LogP contribution in [0.1, 0.15) is 33.8 Å². The fraction of sp³-hybridized carbons (Fsp3) is 0.227. The summed E-state index contributed by atoms with van der Waals surface area (Å²) in [6.07, 6.45) is 1.48. The number of hydrogen-bond donors (Lipinski definition) is 1. The number of carbonyl (C=O) groups is 2. The van der Waals surface area contributed by atoms with Gasteiger partial charge in [-0.25, -0.2) is 4.98 Å². The number of amides is 2. The van der Waals surface area contributed by atoms with Crippen molar-refractivity contribution >= 4 is 46.1 Å². The number of thiazole rings is 1. The van der Waals surface area contributed by atoms with Crippen molar-refractivity contribution in [3.63, 3.8) is 0 Å². The van der Waals surface area contributed by atoms with Crippen molar-refractivity contribution in [3.8, 4) is 10.6 Å². The van der Waals surface area contributed by atoms with E-state index in [0.29, 0.717) is 27.7 Å². The zero-order chi connectivity index (χ0) is 20.5. The smallest absolute Gasteiger partial charge is 0.267 e. The molecule has 0 atom stereocenters. The molecule has 1 aliphatic rings. The van der Waals surface area contributed by atoms with Gasteiger partial charge in [0.2, 0.25) is 5.91 Å². The Bertz CT molecular complexity index is 1110. The lowest BCUT2D eigenvalue weighted by Crippen LogP contribution is -2.24. The van der Waals surface area contributed by atoms with E-state index in [4.69, 9.17) is 11.6 Å². The van der Waals surface area contributed by atoms with Crippen LogP contribution in [0.3, 0.4) is 0 Å². The molecule has 29 heavy (non-hydrogen) atoms. The Morgan fingerprint density at radius 3 is 2.72 bits per heavy atom.